The predicted octanol–water partition coefficient (Wildman–Crippen LogP) is 1.91. The molecule has 2 aliphatic heterocycles. The van der Waals surface area contributed by atoms with Gasteiger partial charge in [-0.15, -0.1) is 0 Å². The highest BCUT2D eigenvalue weighted by atomic mass is 16.5. The Kier molecular flexibility index (Phi) is 4.09. The molecule has 27 heavy (non-hydrogen) atoms. The van der Waals surface area contributed by atoms with Gasteiger partial charge in [0.1, 0.15) is 17.9 Å². The quantitative estimate of drug-likeness (QED) is 0.773. The first-order chi connectivity index (χ1) is 13.3. The Morgan fingerprint density at radius 2 is 1.93 bits per heavy atom. The Bertz CT molecular complexity index is 953. The zero-order valence-electron chi connectivity index (χ0n) is 15.2. The maximum Gasteiger partial charge on any atom is 0.290 e. The number of hydrogen-bond acceptors (Lipinski definition) is 3. The minimum absolute atomic E-state index is 0.0000653. The molecule has 0 aliphatic carbocycles. The lowest BCUT2D eigenvalue weighted by atomic mass is 10.1. The number of para-hydroxylation sites is 1. The fourth-order valence-corrected chi connectivity index (χ4v) is 4.08. The molecule has 0 saturated carbocycles. The molecule has 0 spiro atoms. The van der Waals surface area contributed by atoms with Crippen molar-refractivity contribution in [3.63, 3.8) is 0 Å². The number of hydrogen-bond donors (Lipinski definition) is 1. The van der Waals surface area contributed by atoms with E-state index in [1.54, 1.807) is 0 Å². The van der Waals surface area contributed by atoms with Crippen LogP contribution in [0.5, 0.6) is 5.75 Å². The van der Waals surface area contributed by atoms with Gasteiger partial charge in [0.25, 0.3) is 5.91 Å². The van der Waals surface area contributed by atoms with E-state index < -0.39 is 0 Å². The van der Waals surface area contributed by atoms with Crippen molar-refractivity contribution in [1.82, 2.24) is 4.90 Å². The van der Waals surface area contributed by atoms with Gasteiger partial charge in [0.15, 0.2) is 5.76 Å². The summed E-state index contributed by atoms with van der Waals surface area (Å²) in [5.41, 5.74) is 3.45. The monoisotopic (exact) mass is 363 g/mol. The van der Waals surface area contributed by atoms with E-state index in [4.69, 9.17) is 9.15 Å². The highest BCUT2D eigenvalue weighted by molar-refractivity contribution is 5.96. The minimum atomic E-state index is -0.0000653. The van der Waals surface area contributed by atoms with E-state index in [9.17, 15) is 4.79 Å². The van der Waals surface area contributed by atoms with Crippen LogP contribution in [0.3, 0.4) is 0 Å². The van der Waals surface area contributed by atoms with E-state index in [2.05, 4.69) is 18.2 Å². The van der Waals surface area contributed by atoms with Crippen molar-refractivity contribution in [2.75, 3.05) is 32.8 Å². The van der Waals surface area contributed by atoms with Crippen LogP contribution in [0.25, 0.3) is 11.0 Å². The smallest absolute Gasteiger partial charge is 0.290 e. The van der Waals surface area contributed by atoms with Gasteiger partial charge in [-0.2, -0.15) is 0 Å². The normalized spacial score (nSPS) is 17.1. The van der Waals surface area contributed by atoms with E-state index in [1.807, 2.05) is 35.2 Å². The number of fused-ring (bicyclic) bond motifs is 2. The van der Waals surface area contributed by atoms with Crippen molar-refractivity contribution < 1.29 is 18.8 Å². The number of nitrogens with zero attached hydrogens (tertiary/aromatic N) is 1. The molecule has 0 bridgehead atoms. The highest BCUT2D eigenvalue weighted by Crippen LogP contribution is 2.25. The Morgan fingerprint density at radius 1 is 1.07 bits per heavy atom. The number of nitrogens with one attached hydrogen (secondary N) is 1. The van der Waals surface area contributed by atoms with Crippen LogP contribution in [0.4, 0.5) is 0 Å². The lowest BCUT2D eigenvalue weighted by Crippen LogP contribution is -3.13. The van der Waals surface area contributed by atoms with Crippen LogP contribution >= 0.6 is 0 Å². The molecule has 5 heteroatoms. The molecule has 5 nitrogen and oxygen atoms in total. The van der Waals surface area contributed by atoms with Gasteiger partial charge in [-0.05, 0) is 35.9 Å². The SMILES string of the molecule is O=C(c1cc2ccccc2o1)N1CC[NH+](Cc2ccc3c(c2)CCO3)CC1. The van der Waals surface area contributed by atoms with E-state index in [0.29, 0.717) is 5.76 Å². The van der Waals surface area contributed by atoms with E-state index in [0.717, 1.165) is 62.5 Å². The van der Waals surface area contributed by atoms with Crippen LogP contribution in [-0.2, 0) is 13.0 Å². The maximum atomic E-state index is 12.8. The molecule has 5 rings (SSSR count). The molecular formula is C22H23N2O3+. The zero-order valence-corrected chi connectivity index (χ0v) is 15.2. The third-order valence-electron chi connectivity index (χ3n) is 5.60. The molecule has 138 valence electrons. The molecule has 2 aliphatic rings. The third-order valence-corrected chi connectivity index (χ3v) is 5.60. The first-order valence-electron chi connectivity index (χ1n) is 9.62. The number of quaternary nitrogens is 1. The summed E-state index contributed by atoms with van der Waals surface area (Å²) in [6, 6.07) is 16.1. The van der Waals surface area contributed by atoms with E-state index in [-0.39, 0.29) is 5.91 Å². The summed E-state index contributed by atoms with van der Waals surface area (Å²) in [5.74, 6) is 1.48. The van der Waals surface area contributed by atoms with Gasteiger partial charge in [0.05, 0.1) is 32.8 Å². The molecule has 1 aromatic heterocycles. The Morgan fingerprint density at radius 3 is 2.78 bits per heavy atom. The summed E-state index contributed by atoms with van der Waals surface area (Å²) in [6.45, 7) is 5.24. The average Bonchev–Trinajstić information content (AvgIpc) is 3.34. The van der Waals surface area contributed by atoms with Gasteiger partial charge in [-0.1, -0.05) is 18.2 Å². The lowest BCUT2D eigenvalue weighted by Gasteiger charge is -2.31. The molecule has 3 aromatic rings. The third kappa shape index (κ3) is 3.19. The number of ether oxygens (including phenoxy) is 1. The summed E-state index contributed by atoms with van der Waals surface area (Å²) < 4.78 is 11.3. The molecule has 0 atom stereocenters. The molecular weight excluding hydrogens is 340 g/mol. The summed E-state index contributed by atoms with van der Waals surface area (Å²) in [4.78, 5) is 16.2. The molecule has 1 amide bonds. The molecule has 0 unspecified atom stereocenters. The second-order valence-electron chi connectivity index (χ2n) is 7.41. The Labute approximate surface area is 158 Å². The van der Waals surface area contributed by atoms with Crippen LogP contribution in [-0.4, -0.2) is 43.6 Å². The van der Waals surface area contributed by atoms with Crippen molar-refractivity contribution in [2.24, 2.45) is 0 Å². The minimum Gasteiger partial charge on any atom is -0.493 e. The van der Waals surface area contributed by atoms with Crippen LogP contribution in [0.1, 0.15) is 21.7 Å². The van der Waals surface area contributed by atoms with Crippen molar-refractivity contribution >= 4 is 16.9 Å². The Hall–Kier alpha value is -2.79. The number of carbonyl (C=O) groups is 1. The van der Waals surface area contributed by atoms with Gasteiger partial charge in [0.2, 0.25) is 0 Å². The molecule has 1 fully saturated rings. The van der Waals surface area contributed by atoms with Crippen molar-refractivity contribution in [2.45, 2.75) is 13.0 Å². The standard InChI is InChI=1S/C22H22N2O3/c25-22(21-14-17-3-1-2-4-20(17)27-21)24-10-8-23(9-11-24)15-16-5-6-19-18(13-16)7-12-26-19/h1-6,13-14H,7-12,15H2/p+1. The fourth-order valence-electron chi connectivity index (χ4n) is 4.08. The summed E-state index contributed by atoms with van der Waals surface area (Å²) in [5, 5.41) is 0.978. The van der Waals surface area contributed by atoms with Gasteiger partial charge in [-0.3, -0.25) is 4.79 Å². The van der Waals surface area contributed by atoms with Gasteiger partial charge in [-0.25, -0.2) is 0 Å². The number of benzene rings is 2. The number of piperazine rings is 1. The van der Waals surface area contributed by atoms with Crippen molar-refractivity contribution in [1.29, 1.82) is 0 Å². The van der Waals surface area contributed by atoms with Gasteiger partial charge in [0, 0.05) is 17.4 Å². The number of carbonyl (C=O) groups excluding carboxylic acids is 1. The number of furan rings is 1. The highest BCUT2D eigenvalue weighted by Gasteiger charge is 2.27. The molecule has 0 radical (unpaired) electrons. The van der Waals surface area contributed by atoms with Gasteiger partial charge < -0.3 is 19.0 Å². The molecule has 1 N–H and O–H groups in total. The van der Waals surface area contributed by atoms with Crippen LogP contribution in [0.2, 0.25) is 0 Å². The van der Waals surface area contributed by atoms with E-state index in [1.165, 1.54) is 16.0 Å². The van der Waals surface area contributed by atoms with Crippen LogP contribution in [0, 0.1) is 0 Å². The second-order valence-corrected chi connectivity index (χ2v) is 7.41. The summed E-state index contributed by atoms with van der Waals surface area (Å²) in [6.07, 6.45) is 1.01. The zero-order chi connectivity index (χ0) is 18.2. The Balaban J connectivity index is 1.21. The average molecular weight is 363 g/mol. The maximum absolute atomic E-state index is 12.8. The summed E-state index contributed by atoms with van der Waals surface area (Å²) in [7, 11) is 0. The molecule has 1 saturated heterocycles. The van der Waals surface area contributed by atoms with Gasteiger partial charge >= 0.3 is 0 Å². The predicted molar refractivity (Wildman–Crippen MR) is 102 cm³/mol. The number of amides is 1. The number of rotatable bonds is 3. The first-order valence-corrected chi connectivity index (χ1v) is 9.62. The van der Waals surface area contributed by atoms with Crippen LogP contribution in [0.15, 0.2) is 52.9 Å². The largest absolute Gasteiger partial charge is 0.493 e. The van der Waals surface area contributed by atoms with Crippen molar-refractivity contribution in [3.05, 3.63) is 65.4 Å². The first kappa shape index (κ1) is 16.4. The van der Waals surface area contributed by atoms with Crippen LogP contribution < -0.4 is 9.64 Å². The summed E-state index contributed by atoms with van der Waals surface area (Å²) >= 11 is 0. The van der Waals surface area contributed by atoms with Crippen molar-refractivity contribution in [3.8, 4) is 5.75 Å². The second kappa shape index (κ2) is 6.74. The fraction of sp³-hybridized carbons (Fsp3) is 0.318. The van der Waals surface area contributed by atoms with E-state index >= 15 is 0 Å². The molecule has 3 heterocycles. The lowest BCUT2D eigenvalue weighted by molar-refractivity contribution is -0.917. The topological polar surface area (TPSA) is 47.1 Å². The molecule has 2 aromatic carbocycles.